The fourth-order valence-corrected chi connectivity index (χ4v) is 1.54. The summed E-state index contributed by atoms with van der Waals surface area (Å²) in [6.07, 6.45) is 0. The van der Waals surface area contributed by atoms with Gasteiger partial charge in [0.05, 0.1) is 5.69 Å². The number of aryl methyl sites for hydroxylation is 1. The van der Waals surface area contributed by atoms with Crippen molar-refractivity contribution in [3.63, 3.8) is 0 Å². The Morgan fingerprint density at radius 3 is 2.40 bits per heavy atom. The second kappa shape index (κ2) is 5.97. The van der Waals surface area contributed by atoms with E-state index in [-0.39, 0.29) is 11.5 Å². The Balaban J connectivity index is 2.17. The zero-order valence-electron chi connectivity index (χ0n) is 11.2. The molecule has 0 aliphatic carbocycles. The number of esters is 1. The predicted octanol–water partition coefficient (Wildman–Crippen LogP) is 4.04. The molecule has 1 N–H and O–H groups in total. The first kappa shape index (κ1) is 13.7. The van der Waals surface area contributed by atoms with Gasteiger partial charge in [0.25, 0.3) is 0 Å². The highest BCUT2D eigenvalue weighted by atomic mass is 16.5. The smallest absolute Gasteiger partial charge is 0.308 e. The SMILES string of the molecule is CC(=O)Oc1ccc(N=Nc2ccc(C)cc2)c(O)c1. The highest BCUT2D eigenvalue weighted by Gasteiger charge is 2.04. The normalized spacial score (nSPS) is 10.7. The topological polar surface area (TPSA) is 71.2 Å². The first-order valence-corrected chi connectivity index (χ1v) is 6.04. The summed E-state index contributed by atoms with van der Waals surface area (Å²) in [5.74, 6) is -0.276. The van der Waals surface area contributed by atoms with Crippen LogP contribution in [0.4, 0.5) is 11.4 Å². The molecule has 0 saturated heterocycles. The van der Waals surface area contributed by atoms with Gasteiger partial charge in [-0.1, -0.05) is 17.7 Å². The lowest BCUT2D eigenvalue weighted by molar-refractivity contribution is -0.131. The number of carbonyl (C=O) groups excluding carboxylic acids is 1. The van der Waals surface area contributed by atoms with Crippen molar-refractivity contribution < 1.29 is 14.6 Å². The summed E-state index contributed by atoms with van der Waals surface area (Å²) in [5, 5.41) is 17.8. The molecule has 5 nitrogen and oxygen atoms in total. The minimum atomic E-state index is -0.446. The zero-order chi connectivity index (χ0) is 14.5. The van der Waals surface area contributed by atoms with Gasteiger partial charge in [-0.05, 0) is 31.2 Å². The fraction of sp³-hybridized carbons (Fsp3) is 0.133. The number of hydrogen-bond donors (Lipinski definition) is 1. The molecule has 0 radical (unpaired) electrons. The van der Waals surface area contributed by atoms with Gasteiger partial charge >= 0.3 is 5.97 Å². The maximum Gasteiger partial charge on any atom is 0.308 e. The molecule has 0 aliphatic heterocycles. The Morgan fingerprint density at radius 1 is 1.10 bits per heavy atom. The average Bonchev–Trinajstić information content (AvgIpc) is 2.39. The summed E-state index contributed by atoms with van der Waals surface area (Å²) < 4.78 is 4.85. The Hall–Kier alpha value is -2.69. The van der Waals surface area contributed by atoms with Crippen molar-refractivity contribution in [3.8, 4) is 11.5 Å². The molecule has 5 heteroatoms. The fourth-order valence-electron chi connectivity index (χ4n) is 1.54. The van der Waals surface area contributed by atoms with Crippen molar-refractivity contribution in [1.82, 2.24) is 0 Å². The molecular formula is C15H14N2O3. The summed E-state index contributed by atoms with van der Waals surface area (Å²) in [6, 6.07) is 11.9. The molecule has 2 rings (SSSR count). The van der Waals surface area contributed by atoms with Crippen LogP contribution in [-0.4, -0.2) is 11.1 Å². The molecule has 102 valence electrons. The number of nitrogens with zero attached hydrogens (tertiary/aromatic N) is 2. The first-order valence-electron chi connectivity index (χ1n) is 6.04. The van der Waals surface area contributed by atoms with Crippen molar-refractivity contribution in [3.05, 3.63) is 48.0 Å². The largest absolute Gasteiger partial charge is 0.505 e. The van der Waals surface area contributed by atoms with Gasteiger partial charge in [0.15, 0.2) is 0 Å². The van der Waals surface area contributed by atoms with E-state index in [1.165, 1.54) is 19.1 Å². The summed E-state index contributed by atoms with van der Waals surface area (Å²) >= 11 is 0. The molecule has 0 unspecified atom stereocenters. The highest BCUT2D eigenvalue weighted by Crippen LogP contribution is 2.31. The minimum Gasteiger partial charge on any atom is -0.505 e. The van der Waals surface area contributed by atoms with Crippen LogP contribution in [0.3, 0.4) is 0 Å². The number of phenols is 1. The third-order valence-electron chi connectivity index (χ3n) is 2.52. The molecule has 0 spiro atoms. The van der Waals surface area contributed by atoms with Crippen LogP contribution < -0.4 is 4.74 Å². The van der Waals surface area contributed by atoms with Crippen molar-refractivity contribution in [1.29, 1.82) is 0 Å². The van der Waals surface area contributed by atoms with Crippen molar-refractivity contribution >= 4 is 17.3 Å². The molecule has 0 heterocycles. The summed E-state index contributed by atoms with van der Waals surface area (Å²) in [7, 11) is 0. The van der Waals surface area contributed by atoms with Crippen LogP contribution in [0.15, 0.2) is 52.7 Å². The number of hydrogen-bond acceptors (Lipinski definition) is 5. The van der Waals surface area contributed by atoms with Crippen LogP contribution in [0.2, 0.25) is 0 Å². The number of aromatic hydroxyl groups is 1. The Bertz CT molecular complexity index is 649. The van der Waals surface area contributed by atoms with E-state index in [0.717, 1.165) is 5.56 Å². The number of ether oxygens (including phenoxy) is 1. The van der Waals surface area contributed by atoms with Crippen molar-refractivity contribution in [2.45, 2.75) is 13.8 Å². The molecule has 20 heavy (non-hydrogen) atoms. The van der Waals surface area contributed by atoms with Crippen LogP contribution in [0.25, 0.3) is 0 Å². The number of rotatable bonds is 3. The second-order valence-electron chi connectivity index (χ2n) is 4.28. The molecule has 0 fully saturated rings. The third kappa shape index (κ3) is 3.65. The van der Waals surface area contributed by atoms with Gasteiger partial charge in [0.1, 0.15) is 17.2 Å². The quantitative estimate of drug-likeness (QED) is 0.519. The number of phenolic OH excluding ortho intramolecular Hbond substituents is 1. The average molecular weight is 270 g/mol. The van der Waals surface area contributed by atoms with Gasteiger partial charge in [-0.2, -0.15) is 5.11 Å². The van der Waals surface area contributed by atoms with E-state index in [1.54, 1.807) is 6.07 Å². The first-order chi connectivity index (χ1) is 9.54. The zero-order valence-corrected chi connectivity index (χ0v) is 11.2. The van der Waals surface area contributed by atoms with Gasteiger partial charge < -0.3 is 9.84 Å². The van der Waals surface area contributed by atoms with E-state index in [4.69, 9.17) is 4.74 Å². The molecule has 0 aliphatic rings. The lowest BCUT2D eigenvalue weighted by Crippen LogP contribution is -2.00. The molecule has 0 bridgehead atoms. The lowest BCUT2D eigenvalue weighted by atomic mass is 10.2. The summed E-state index contributed by atoms with van der Waals surface area (Å²) in [6.45, 7) is 3.28. The highest BCUT2D eigenvalue weighted by molar-refractivity contribution is 5.70. The molecule has 0 aromatic heterocycles. The molecule has 2 aromatic carbocycles. The van der Waals surface area contributed by atoms with E-state index in [2.05, 4.69) is 10.2 Å². The minimum absolute atomic E-state index is 0.0976. The van der Waals surface area contributed by atoms with Crippen molar-refractivity contribution in [2.75, 3.05) is 0 Å². The number of benzene rings is 2. The van der Waals surface area contributed by atoms with E-state index < -0.39 is 5.97 Å². The molecule has 2 aromatic rings. The Morgan fingerprint density at radius 2 is 1.80 bits per heavy atom. The maximum absolute atomic E-state index is 10.8. The van der Waals surface area contributed by atoms with Crippen LogP contribution in [0.1, 0.15) is 12.5 Å². The monoisotopic (exact) mass is 270 g/mol. The Labute approximate surface area is 116 Å². The molecular weight excluding hydrogens is 256 g/mol. The van der Waals surface area contributed by atoms with E-state index in [1.807, 2.05) is 31.2 Å². The molecule has 0 amide bonds. The van der Waals surface area contributed by atoms with Crippen LogP contribution in [0, 0.1) is 6.92 Å². The van der Waals surface area contributed by atoms with E-state index in [0.29, 0.717) is 11.4 Å². The summed E-state index contributed by atoms with van der Waals surface area (Å²) in [5.41, 5.74) is 2.14. The lowest BCUT2D eigenvalue weighted by Gasteiger charge is -2.03. The van der Waals surface area contributed by atoms with Gasteiger partial charge in [0, 0.05) is 13.0 Å². The van der Waals surface area contributed by atoms with Gasteiger partial charge in [-0.15, -0.1) is 5.11 Å². The van der Waals surface area contributed by atoms with Crippen LogP contribution >= 0.6 is 0 Å². The van der Waals surface area contributed by atoms with E-state index in [9.17, 15) is 9.90 Å². The third-order valence-corrected chi connectivity index (χ3v) is 2.52. The Kier molecular flexibility index (Phi) is 4.10. The van der Waals surface area contributed by atoms with Gasteiger partial charge in [-0.3, -0.25) is 4.79 Å². The standard InChI is InChI=1S/C15H14N2O3/c1-10-3-5-12(6-4-10)16-17-14-8-7-13(9-15(14)19)20-11(2)18/h3-9,19H,1-2H3. The van der Waals surface area contributed by atoms with Gasteiger partial charge in [0.2, 0.25) is 0 Å². The number of carbonyl (C=O) groups is 1. The molecule has 0 saturated carbocycles. The molecule has 0 atom stereocenters. The number of azo groups is 1. The predicted molar refractivity (Wildman–Crippen MR) is 74.8 cm³/mol. The van der Waals surface area contributed by atoms with Gasteiger partial charge in [-0.25, -0.2) is 0 Å². The summed E-state index contributed by atoms with van der Waals surface area (Å²) in [4.78, 5) is 10.8. The second-order valence-corrected chi connectivity index (χ2v) is 4.28. The van der Waals surface area contributed by atoms with E-state index >= 15 is 0 Å². The van der Waals surface area contributed by atoms with Crippen LogP contribution in [-0.2, 0) is 4.79 Å². The van der Waals surface area contributed by atoms with Crippen molar-refractivity contribution in [2.24, 2.45) is 10.2 Å². The maximum atomic E-state index is 10.8. The van der Waals surface area contributed by atoms with Crippen LogP contribution in [0.5, 0.6) is 11.5 Å².